The molecular formula is C20H19N3O5S. The van der Waals surface area contributed by atoms with Crippen molar-refractivity contribution in [1.29, 1.82) is 0 Å². The molecule has 1 N–H and O–H groups in total. The van der Waals surface area contributed by atoms with Crippen LogP contribution in [0.25, 0.3) is 0 Å². The number of non-ortho nitro benzene ring substituents is 1. The molecule has 29 heavy (non-hydrogen) atoms. The van der Waals surface area contributed by atoms with Crippen LogP contribution in [-0.4, -0.2) is 26.4 Å². The Balaban J connectivity index is 1.57. The van der Waals surface area contributed by atoms with Crippen LogP contribution in [0, 0.1) is 10.1 Å². The number of nitro benzene ring substituents is 1. The number of anilines is 1. The summed E-state index contributed by atoms with van der Waals surface area (Å²) in [5.41, 5.74) is 2.11. The zero-order valence-corrected chi connectivity index (χ0v) is 16.2. The van der Waals surface area contributed by atoms with Crippen LogP contribution in [0.4, 0.5) is 11.4 Å². The normalized spacial score (nSPS) is 14.6. The summed E-state index contributed by atoms with van der Waals surface area (Å²) in [6.07, 6.45) is 2.44. The van der Waals surface area contributed by atoms with Gasteiger partial charge >= 0.3 is 0 Å². The van der Waals surface area contributed by atoms with Crippen molar-refractivity contribution in [2.24, 2.45) is 0 Å². The molecule has 0 spiro atoms. The van der Waals surface area contributed by atoms with E-state index in [1.807, 2.05) is 24.3 Å². The van der Waals surface area contributed by atoms with Crippen LogP contribution in [0.5, 0.6) is 0 Å². The van der Waals surface area contributed by atoms with E-state index < -0.39 is 14.9 Å². The molecule has 0 saturated carbocycles. The van der Waals surface area contributed by atoms with E-state index in [2.05, 4.69) is 15.7 Å². The number of furan rings is 1. The molecule has 0 unspecified atom stereocenters. The Labute approximate surface area is 168 Å². The van der Waals surface area contributed by atoms with Gasteiger partial charge in [-0.25, -0.2) is 13.1 Å². The molecule has 1 aliphatic rings. The third kappa shape index (κ3) is 3.87. The molecule has 0 fully saturated rings. The van der Waals surface area contributed by atoms with Crippen LogP contribution in [0.1, 0.15) is 17.4 Å². The highest BCUT2D eigenvalue weighted by Crippen LogP contribution is 2.35. The first-order valence-electron chi connectivity index (χ1n) is 9.08. The van der Waals surface area contributed by atoms with Crippen LogP contribution in [-0.2, 0) is 16.4 Å². The van der Waals surface area contributed by atoms with Crippen LogP contribution < -0.4 is 9.62 Å². The molecule has 1 aromatic heterocycles. The number of fused-ring (bicyclic) bond motifs is 1. The first kappa shape index (κ1) is 19.2. The number of para-hydroxylation sites is 1. The molecule has 8 nitrogen and oxygen atoms in total. The van der Waals surface area contributed by atoms with E-state index in [9.17, 15) is 18.5 Å². The predicted molar refractivity (Wildman–Crippen MR) is 107 cm³/mol. The topological polar surface area (TPSA) is 106 Å². The Morgan fingerprint density at radius 1 is 1.10 bits per heavy atom. The van der Waals surface area contributed by atoms with Crippen molar-refractivity contribution in [2.75, 3.05) is 18.0 Å². The van der Waals surface area contributed by atoms with Gasteiger partial charge in [0.2, 0.25) is 10.0 Å². The molecule has 0 bridgehead atoms. The summed E-state index contributed by atoms with van der Waals surface area (Å²) < 4.78 is 33.6. The summed E-state index contributed by atoms with van der Waals surface area (Å²) in [6, 6.07) is 16.1. The number of hydrogen-bond donors (Lipinski definition) is 1. The fraction of sp³-hybridized carbons (Fsp3) is 0.200. The van der Waals surface area contributed by atoms with Crippen molar-refractivity contribution in [3.63, 3.8) is 0 Å². The SMILES string of the molecule is O=[N+]([O-])c1ccc(S(=O)(=O)NC[C@@H](c2ccco2)N2CCc3ccccc32)cc1. The maximum absolute atomic E-state index is 12.7. The van der Waals surface area contributed by atoms with Gasteiger partial charge in [0, 0.05) is 30.9 Å². The largest absolute Gasteiger partial charge is 0.467 e. The minimum atomic E-state index is -3.84. The fourth-order valence-corrected chi connectivity index (χ4v) is 4.59. The first-order valence-corrected chi connectivity index (χ1v) is 10.6. The van der Waals surface area contributed by atoms with Gasteiger partial charge in [-0.2, -0.15) is 0 Å². The standard InChI is InChI=1S/C20H19N3O5S/c24-23(25)16-7-9-17(10-8-16)29(26,27)21-14-19(20-6-3-13-28-20)22-12-11-15-4-1-2-5-18(15)22/h1-10,13,19,21H,11-12,14H2/t19-/m0/s1. The lowest BCUT2D eigenvalue weighted by Gasteiger charge is -2.29. The molecule has 0 aliphatic carbocycles. The lowest BCUT2D eigenvalue weighted by atomic mass is 10.1. The lowest BCUT2D eigenvalue weighted by molar-refractivity contribution is -0.384. The number of nitrogens with zero attached hydrogens (tertiary/aromatic N) is 2. The van der Waals surface area contributed by atoms with Gasteiger partial charge in [0.15, 0.2) is 0 Å². The summed E-state index contributed by atoms with van der Waals surface area (Å²) in [6.45, 7) is 0.852. The summed E-state index contributed by atoms with van der Waals surface area (Å²) in [5, 5.41) is 10.8. The minimum absolute atomic E-state index is 0.0249. The highest BCUT2D eigenvalue weighted by molar-refractivity contribution is 7.89. The van der Waals surface area contributed by atoms with Gasteiger partial charge in [-0.15, -0.1) is 0 Å². The van der Waals surface area contributed by atoms with E-state index in [1.54, 1.807) is 12.3 Å². The van der Waals surface area contributed by atoms with Crippen molar-refractivity contribution in [3.8, 4) is 0 Å². The summed E-state index contributed by atoms with van der Waals surface area (Å²) >= 11 is 0. The van der Waals surface area contributed by atoms with Gasteiger partial charge in [-0.1, -0.05) is 18.2 Å². The molecule has 2 aromatic carbocycles. The Morgan fingerprint density at radius 2 is 1.86 bits per heavy atom. The first-order chi connectivity index (χ1) is 14.0. The summed E-state index contributed by atoms with van der Waals surface area (Å²) in [5.74, 6) is 0.660. The Morgan fingerprint density at radius 3 is 2.55 bits per heavy atom. The van der Waals surface area contributed by atoms with Gasteiger partial charge in [0.1, 0.15) is 11.8 Å². The average Bonchev–Trinajstić information content (AvgIpc) is 3.39. The van der Waals surface area contributed by atoms with Crippen LogP contribution in [0.3, 0.4) is 0 Å². The maximum atomic E-state index is 12.7. The van der Waals surface area contributed by atoms with Gasteiger partial charge in [-0.05, 0) is 42.3 Å². The third-order valence-electron chi connectivity index (χ3n) is 5.00. The molecule has 150 valence electrons. The Hall–Kier alpha value is -3.17. The minimum Gasteiger partial charge on any atom is -0.467 e. The average molecular weight is 413 g/mol. The monoisotopic (exact) mass is 413 g/mol. The molecule has 3 aromatic rings. The quantitative estimate of drug-likeness (QED) is 0.471. The molecule has 0 radical (unpaired) electrons. The zero-order valence-electron chi connectivity index (χ0n) is 15.4. The molecule has 0 amide bonds. The number of nitro groups is 1. The van der Waals surface area contributed by atoms with Crippen molar-refractivity contribution in [2.45, 2.75) is 17.4 Å². The van der Waals surface area contributed by atoms with E-state index in [4.69, 9.17) is 4.42 Å². The van der Waals surface area contributed by atoms with Gasteiger partial charge in [0.25, 0.3) is 5.69 Å². The molecule has 2 heterocycles. The molecule has 1 aliphatic heterocycles. The molecule has 1 atom stereocenters. The van der Waals surface area contributed by atoms with Gasteiger partial charge in [-0.3, -0.25) is 10.1 Å². The van der Waals surface area contributed by atoms with Crippen molar-refractivity contribution in [1.82, 2.24) is 4.72 Å². The van der Waals surface area contributed by atoms with Gasteiger partial charge < -0.3 is 9.32 Å². The van der Waals surface area contributed by atoms with E-state index >= 15 is 0 Å². The highest BCUT2D eigenvalue weighted by atomic mass is 32.2. The smallest absolute Gasteiger partial charge is 0.269 e. The van der Waals surface area contributed by atoms with Crippen LogP contribution in [0.2, 0.25) is 0 Å². The second kappa shape index (κ2) is 7.69. The highest BCUT2D eigenvalue weighted by Gasteiger charge is 2.30. The van der Waals surface area contributed by atoms with Crippen molar-refractivity contribution in [3.05, 3.63) is 88.4 Å². The summed E-state index contributed by atoms with van der Waals surface area (Å²) in [7, 11) is -3.84. The number of sulfonamides is 1. The lowest BCUT2D eigenvalue weighted by Crippen LogP contribution is -2.37. The van der Waals surface area contributed by atoms with Crippen molar-refractivity contribution < 1.29 is 17.8 Å². The van der Waals surface area contributed by atoms with Gasteiger partial charge in [0.05, 0.1) is 16.1 Å². The molecule has 0 saturated heterocycles. The maximum Gasteiger partial charge on any atom is 0.269 e. The zero-order chi connectivity index (χ0) is 20.4. The number of nitrogens with one attached hydrogen (secondary N) is 1. The Bertz CT molecular complexity index is 1110. The van der Waals surface area contributed by atoms with Crippen molar-refractivity contribution >= 4 is 21.4 Å². The summed E-state index contributed by atoms with van der Waals surface area (Å²) in [4.78, 5) is 12.3. The second-order valence-electron chi connectivity index (χ2n) is 6.71. The molecule has 9 heteroatoms. The van der Waals surface area contributed by atoms with E-state index in [1.165, 1.54) is 29.8 Å². The van der Waals surface area contributed by atoms with Crippen LogP contribution >= 0.6 is 0 Å². The third-order valence-corrected chi connectivity index (χ3v) is 6.43. The van der Waals surface area contributed by atoms with Crippen LogP contribution in [0.15, 0.2) is 76.2 Å². The van der Waals surface area contributed by atoms with E-state index in [-0.39, 0.29) is 23.2 Å². The van der Waals surface area contributed by atoms with E-state index in [0.29, 0.717) is 5.76 Å². The fourth-order valence-electron chi connectivity index (χ4n) is 3.55. The predicted octanol–water partition coefficient (Wildman–Crippen LogP) is 3.27. The Kier molecular flexibility index (Phi) is 5.08. The number of hydrogen-bond acceptors (Lipinski definition) is 6. The second-order valence-corrected chi connectivity index (χ2v) is 8.47. The number of benzene rings is 2. The molecule has 4 rings (SSSR count). The number of rotatable bonds is 7. The van der Waals surface area contributed by atoms with E-state index in [0.717, 1.165) is 18.7 Å². The molecular weight excluding hydrogens is 394 g/mol.